The van der Waals surface area contributed by atoms with Crippen LogP contribution in [0.4, 0.5) is 20.2 Å². The third-order valence-electron chi connectivity index (χ3n) is 1.65. The second-order valence-electron chi connectivity index (χ2n) is 3.07. The molecule has 2 N–H and O–H groups in total. The summed E-state index contributed by atoms with van der Waals surface area (Å²) in [4.78, 5) is 0. The fraction of sp³-hybridized carbons (Fsp3) is 0. The van der Waals surface area contributed by atoms with Crippen molar-refractivity contribution in [3.63, 3.8) is 0 Å². The van der Waals surface area contributed by atoms with Crippen molar-refractivity contribution in [1.82, 2.24) is 0 Å². The normalized spacial score (nSPS) is 8.84. The molecule has 0 aliphatic heterocycles. The van der Waals surface area contributed by atoms with Crippen LogP contribution in [-0.2, 0) is 11.2 Å². The number of halogens is 4. The first-order chi connectivity index (χ1) is 8.99. The second-order valence-corrected chi connectivity index (χ2v) is 19.7. The Kier molecular flexibility index (Phi) is 11.9. The van der Waals surface area contributed by atoms with Crippen LogP contribution in [0.25, 0.3) is 11.5 Å². The van der Waals surface area contributed by atoms with Crippen LogP contribution in [0, 0.1) is 11.6 Å². The van der Waals surface area contributed by atoms with Crippen molar-refractivity contribution in [3.05, 3.63) is 71.6 Å². The van der Waals surface area contributed by atoms with E-state index >= 15 is 0 Å². The number of nitrogens with one attached hydrogen (secondary N) is 2. The van der Waals surface area contributed by atoms with Crippen LogP contribution in [0.5, 0.6) is 0 Å². The van der Waals surface area contributed by atoms with Gasteiger partial charge in [-0.1, -0.05) is 24.3 Å². The molecule has 2 nitrogen and oxygen atoms in total. The average Bonchev–Trinajstić information content (AvgIpc) is 2.30. The van der Waals surface area contributed by atoms with Gasteiger partial charge in [0.1, 0.15) is 11.6 Å². The van der Waals surface area contributed by atoms with Gasteiger partial charge in [0.05, 0.1) is 0 Å². The quantitative estimate of drug-likeness (QED) is 0.278. The minimum Gasteiger partial charge on any atom is -0.699 e. The van der Waals surface area contributed by atoms with E-state index in [4.69, 9.17) is 11.5 Å². The van der Waals surface area contributed by atoms with Crippen LogP contribution < -0.4 is 0 Å². The molecule has 106 valence electrons. The van der Waals surface area contributed by atoms with Crippen molar-refractivity contribution >= 4 is 50.1 Å². The standard InChI is InChI=1S/2C6H5FN.2HI.Pt/c2*7-5-2-1-3-6(8)4-5;;;/h2*1-4,8H;2*1H;/q2*-1;;;+4/p-2. The summed E-state index contributed by atoms with van der Waals surface area (Å²) in [5.41, 5.74) is 14.2. The number of hydrogen-bond donors (Lipinski definition) is 0. The van der Waals surface area contributed by atoms with Gasteiger partial charge in [0.25, 0.3) is 0 Å². The van der Waals surface area contributed by atoms with Gasteiger partial charge < -0.3 is 11.5 Å². The molecule has 7 heteroatoms. The van der Waals surface area contributed by atoms with Crippen LogP contribution in [0.15, 0.2) is 48.5 Å². The third kappa shape index (κ3) is 11.6. The summed E-state index contributed by atoms with van der Waals surface area (Å²) in [6.45, 7) is 0. The van der Waals surface area contributed by atoms with Crippen molar-refractivity contribution in [3.8, 4) is 0 Å². The smallest absolute Gasteiger partial charge is 0.121 e. The first-order valence-corrected chi connectivity index (χ1v) is 17.6. The van der Waals surface area contributed by atoms with Gasteiger partial charge in [-0.3, -0.25) is 0 Å². The molecule has 0 amide bonds. The molecule has 2 rings (SSSR count). The number of benzene rings is 2. The van der Waals surface area contributed by atoms with Crippen molar-refractivity contribution < 1.29 is 20.0 Å². The maximum atomic E-state index is 12.0. The van der Waals surface area contributed by atoms with Crippen LogP contribution >= 0.6 is 38.7 Å². The molecule has 0 saturated heterocycles. The molecule has 0 aliphatic rings. The molecule has 2 aromatic carbocycles. The zero-order valence-corrected chi connectivity index (χ0v) is 16.0. The molecule has 0 saturated carbocycles. The van der Waals surface area contributed by atoms with Gasteiger partial charge in [-0.15, -0.1) is 11.4 Å². The van der Waals surface area contributed by atoms with Gasteiger partial charge >= 0.3 is 49.9 Å². The summed E-state index contributed by atoms with van der Waals surface area (Å²) in [5.74, 6) is -0.699. The number of hydrogen-bond acceptors (Lipinski definition) is 0. The van der Waals surface area contributed by atoms with Gasteiger partial charge in [-0.05, 0) is 24.3 Å². The Morgan fingerprint density at radius 2 is 1.11 bits per heavy atom. The summed E-state index contributed by atoms with van der Waals surface area (Å²) < 4.78 is 24.1. The summed E-state index contributed by atoms with van der Waals surface area (Å²) in [6, 6.07) is 11.1. The molecule has 2 aromatic rings. The Hall–Kier alpha value is 0.0483. The van der Waals surface area contributed by atoms with Crippen LogP contribution in [0.3, 0.4) is 0 Å². The van der Waals surface area contributed by atoms with Crippen molar-refractivity contribution in [2.45, 2.75) is 0 Å². The Bertz CT molecular complexity index is 409. The summed E-state index contributed by atoms with van der Waals surface area (Å²) in [6.07, 6.45) is 0. The fourth-order valence-corrected chi connectivity index (χ4v) is 0.977. The Labute approximate surface area is 140 Å². The first kappa shape index (κ1) is 19.0. The summed E-state index contributed by atoms with van der Waals surface area (Å²) in [7, 11) is 0. The maximum absolute atomic E-state index is 12.0. The van der Waals surface area contributed by atoms with E-state index < -0.39 is 0 Å². The molecule has 0 bridgehead atoms. The van der Waals surface area contributed by atoms with E-state index in [2.05, 4.69) is 38.7 Å². The predicted molar refractivity (Wildman–Crippen MR) is 88.8 cm³/mol. The molecule has 0 atom stereocenters. The van der Waals surface area contributed by atoms with Gasteiger partial charge in [-0.25, -0.2) is 8.78 Å². The van der Waals surface area contributed by atoms with E-state index in [0.29, 0.717) is 11.2 Å². The zero-order chi connectivity index (χ0) is 14.7. The van der Waals surface area contributed by atoms with E-state index in [9.17, 15) is 8.78 Å². The largest absolute Gasteiger partial charge is 0.699 e. The predicted octanol–water partition coefficient (Wildman–Crippen LogP) is 6.79. The molecule has 0 aromatic heterocycles. The van der Waals surface area contributed by atoms with E-state index in [1.54, 1.807) is 0 Å². The van der Waals surface area contributed by atoms with Crippen molar-refractivity contribution in [2.75, 3.05) is 0 Å². The topological polar surface area (TPSA) is 47.6 Å². The maximum Gasteiger partial charge on any atom is 0.121 e. The molecule has 19 heavy (non-hydrogen) atoms. The van der Waals surface area contributed by atoms with Crippen LogP contribution in [0.2, 0.25) is 0 Å². The van der Waals surface area contributed by atoms with Gasteiger partial charge in [0.2, 0.25) is 0 Å². The van der Waals surface area contributed by atoms with E-state index in [-0.39, 0.29) is 23.0 Å². The summed E-state index contributed by atoms with van der Waals surface area (Å²) in [5, 5.41) is 0. The minimum absolute atomic E-state index is 0.213. The molecular weight excluding hydrogens is 659 g/mol. The number of rotatable bonds is 0. The monoisotopic (exact) mass is 669 g/mol. The Balaban J connectivity index is 0.000000284. The van der Waals surface area contributed by atoms with Crippen LogP contribution in [0.1, 0.15) is 0 Å². The molecule has 0 radical (unpaired) electrons. The molecule has 0 heterocycles. The first-order valence-electron chi connectivity index (χ1n) is 4.76. The SMILES string of the molecule is [I][Pt+2][I].[NH-]c1cccc(F)c1.[NH-]c1cccc(F)c1. The van der Waals surface area contributed by atoms with Gasteiger partial charge in [-0.2, -0.15) is 0 Å². The van der Waals surface area contributed by atoms with Crippen LogP contribution in [-0.4, -0.2) is 0 Å². The average molecular weight is 669 g/mol. The molecule has 0 fully saturated rings. The van der Waals surface area contributed by atoms with E-state index in [1.807, 2.05) is 0 Å². The van der Waals surface area contributed by atoms with Gasteiger partial charge in [0, 0.05) is 0 Å². The minimum atomic E-state index is -0.350. The zero-order valence-electron chi connectivity index (χ0n) is 9.45. The van der Waals surface area contributed by atoms with Crippen molar-refractivity contribution in [1.29, 1.82) is 0 Å². The Morgan fingerprint density at radius 3 is 1.26 bits per heavy atom. The molecule has 0 aliphatic carbocycles. The third-order valence-corrected chi connectivity index (χ3v) is 1.65. The molecule has 0 unspecified atom stereocenters. The van der Waals surface area contributed by atoms with Crippen molar-refractivity contribution in [2.24, 2.45) is 0 Å². The van der Waals surface area contributed by atoms with E-state index in [1.165, 1.54) is 48.5 Å². The fourth-order valence-electron chi connectivity index (χ4n) is 0.977. The Morgan fingerprint density at radius 1 is 0.789 bits per heavy atom. The van der Waals surface area contributed by atoms with Gasteiger partial charge in [0.15, 0.2) is 0 Å². The molecule has 0 spiro atoms. The van der Waals surface area contributed by atoms with E-state index in [0.717, 1.165) is 0 Å². The summed E-state index contributed by atoms with van der Waals surface area (Å²) >= 11 is 5.30. The molecular formula is C12H10F2I2N2Pt. The second kappa shape index (κ2) is 11.8.